The van der Waals surface area contributed by atoms with Crippen LogP contribution in [0.5, 0.6) is 5.75 Å². The minimum Gasteiger partial charge on any atom is -0.479 e. The predicted octanol–water partition coefficient (Wildman–Crippen LogP) is 1.48. The van der Waals surface area contributed by atoms with Crippen molar-refractivity contribution in [2.24, 2.45) is 0 Å². The van der Waals surface area contributed by atoms with Gasteiger partial charge in [0.1, 0.15) is 5.75 Å². The lowest BCUT2D eigenvalue weighted by molar-refractivity contribution is -0.127. The molecule has 1 unspecified atom stereocenters. The number of carbonyl (C=O) groups is 1. The van der Waals surface area contributed by atoms with Crippen molar-refractivity contribution in [3.8, 4) is 5.75 Å². The van der Waals surface area contributed by atoms with E-state index in [0.717, 1.165) is 25.2 Å². The van der Waals surface area contributed by atoms with Gasteiger partial charge in [-0.05, 0) is 32.0 Å². The van der Waals surface area contributed by atoms with Crippen LogP contribution in [-0.4, -0.2) is 30.1 Å². The van der Waals surface area contributed by atoms with Crippen LogP contribution in [0.25, 0.3) is 0 Å². The van der Waals surface area contributed by atoms with Gasteiger partial charge >= 0.3 is 0 Å². The van der Waals surface area contributed by atoms with Gasteiger partial charge in [-0.3, -0.25) is 9.78 Å². The van der Waals surface area contributed by atoms with E-state index >= 15 is 0 Å². The van der Waals surface area contributed by atoms with Crippen LogP contribution in [0, 0.1) is 0 Å². The summed E-state index contributed by atoms with van der Waals surface area (Å²) < 4.78 is 5.54. The van der Waals surface area contributed by atoms with E-state index < -0.39 is 6.10 Å². The number of nitrogens with zero attached hydrogens (tertiary/aromatic N) is 1. The summed E-state index contributed by atoms with van der Waals surface area (Å²) in [5, 5.41) is 6.00. The Kier molecular flexibility index (Phi) is 6.89. The first-order chi connectivity index (χ1) is 9.17. The first kappa shape index (κ1) is 15.4. The van der Waals surface area contributed by atoms with Gasteiger partial charge in [-0.25, -0.2) is 0 Å². The van der Waals surface area contributed by atoms with E-state index in [1.54, 1.807) is 13.1 Å². The summed E-state index contributed by atoms with van der Waals surface area (Å²) in [6.07, 6.45) is 2.06. The highest BCUT2D eigenvalue weighted by molar-refractivity contribution is 5.80. The first-order valence-corrected chi connectivity index (χ1v) is 6.77. The van der Waals surface area contributed by atoms with Crippen molar-refractivity contribution in [3.05, 3.63) is 24.0 Å². The number of carbonyl (C=O) groups excluding carboxylic acids is 1. The molecule has 0 bridgehead atoms. The first-order valence-electron chi connectivity index (χ1n) is 6.77. The van der Waals surface area contributed by atoms with Crippen LogP contribution in [0.1, 0.15) is 32.9 Å². The van der Waals surface area contributed by atoms with Gasteiger partial charge in [0.2, 0.25) is 0 Å². The Labute approximate surface area is 114 Å². The molecule has 0 spiro atoms. The highest BCUT2D eigenvalue weighted by Gasteiger charge is 2.13. The van der Waals surface area contributed by atoms with Gasteiger partial charge in [-0.1, -0.05) is 13.8 Å². The third kappa shape index (κ3) is 5.70. The standard InChI is InChI=1S/C14H23N3O2/c1-4-8-16-14(18)11(3)19-13-7-6-12(17-10-13)9-15-5-2/h6-7,10-11,15H,4-5,8-9H2,1-3H3,(H,16,18). The molecule has 1 aromatic heterocycles. The molecule has 1 heterocycles. The summed E-state index contributed by atoms with van der Waals surface area (Å²) in [7, 11) is 0. The summed E-state index contributed by atoms with van der Waals surface area (Å²) >= 11 is 0. The highest BCUT2D eigenvalue weighted by Crippen LogP contribution is 2.11. The Morgan fingerprint density at radius 1 is 1.42 bits per heavy atom. The van der Waals surface area contributed by atoms with Crippen LogP contribution in [0.4, 0.5) is 0 Å². The maximum absolute atomic E-state index is 11.6. The molecule has 0 saturated heterocycles. The number of rotatable bonds is 8. The lowest BCUT2D eigenvalue weighted by atomic mass is 10.3. The molecule has 2 N–H and O–H groups in total. The molecule has 1 atom stereocenters. The molecule has 19 heavy (non-hydrogen) atoms. The maximum Gasteiger partial charge on any atom is 0.260 e. The molecular weight excluding hydrogens is 242 g/mol. The molecular formula is C14H23N3O2. The number of pyridine rings is 1. The summed E-state index contributed by atoms with van der Waals surface area (Å²) in [6.45, 7) is 8.12. The van der Waals surface area contributed by atoms with Crippen molar-refractivity contribution < 1.29 is 9.53 Å². The summed E-state index contributed by atoms with van der Waals surface area (Å²) in [6, 6.07) is 3.73. The topological polar surface area (TPSA) is 63.2 Å². The third-order valence-corrected chi connectivity index (χ3v) is 2.59. The van der Waals surface area contributed by atoms with Gasteiger partial charge in [0, 0.05) is 13.1 Å². The second-order valence-corrected chi connectivity index (χ2v) is 4.32. The molecule has 106 valence electrons. The Morgan fingerprint density at radius 2 is 2.21 bits per heavy atom. The van der Waals surface area contributed by atoms with Crippen molar-refractivity contribution in [1.29, 1.82) is 0 Å². The number of hydrogen-bond donors (Lipinski definition) is 2. The predicted molar refractivity (Wildman–Crippen MR) is 75.0 cm³/mol. The minimum absolute atomic E-state index is 0.0985. The largest absolute Gasteiger partial charge is 0.479 e. The van der Waals surface area contributed by atoms with E-state index in [-0.39, 0.29) is 5.91 Å². The second kappa shape index (κ2) is 8.48. The van der Waals surface area contributed by atoms with Crippen molar-refractivity contribution >= 4 is 5.91 Å². The van der Waals surface area contributed by atoms with Crippen molar-refractivity contribution in [3.63, 3.8) is 0 Å². The summed E-state index contributed by atoms with van der Waals surface area (Å²) in [5.41, 5.74) is 0.956. The Morgan fingerprint density at radius 3 is 2.79 bits per heavy atom. The van der Waals surface area contributed by atoms with Crippen LogP contribution in [0.2, 0.25) is 0 Å². The van der Waals surface area contributed by atoms with E-state index in [1.165, 1.54) is 0 Å². The van der Waals surface area contributed by atoms with Crippen LogP contribution in [0.3, 0.4) is 0 Å². The monoisotopic (exact) mass is 265 g/mol. The number of nitrogens with one attached hydrogen (secondary N) is 2. The van der Waals surface area contributed by atoms with E-state index in [2.05, 4.69) is 15.6 Å². The van der Waals surface area contributed by atoms with E-state index in [0.29, 0.717) is 12.3 Å². The minimum atomic E-state index is -0.507. The van der Waals surface area contributed by atoms with Gasteiger partial charge in [-0.2, -0.15) is 0 Å². The normalized spacial score (nSPS) is 11.9. The summed E-state index contributed by atoms with van der Waals surface area (Å²) in [5.74, 6) is 0.512. The Balaban J connectivity index is 2.45. The third-order valence-electron chi connectivity index (χ3n) is 2.59. The SMILES string of the molecule is CCCNC(=O)C(C)Oc1ccc(CNCC)nc1. The average Bonchev–Trinajstić information content (AvgIpc) is 2.43. The molecule has 0 radical (unpaired) electrons. The lowest BCUT2D eigenvalue weighted by Gasteiger charge is -2.14. The van der Waals surface area contributed by atoms with Crippen molar-refractivity contribution in [1.82, 2.24) is 15.6 Å². The molecule has 5 heteroatoms. The molecule has 1 aromatic rings. The zero-order valence-electron chi connectivity index (χ0n) is 11.9. The quantitative estimate of drug-likeness (QED) is 0.747. The van der Waals surface area contributed by atoms with E-state index in [1.807, 2.05) is 26.0 Å². The zero-order chi connectivity index (χ0) is 14.1. The van der Waals surface area contributed by atoms with Crippen LogP contribution < -0.4 is 15.4 Å². The van der Waals surface area contributed by atoms with Crippen LogP contribution in [0.15, 0.2) is 18.3 Å². The van der Waals surface area contributed by atoms with Gasteiger partial charge in [0.15, 0.2) is 6.10 Å². The lowest BCUT2D eigenvalue weighted by Crippen LogP contribution is -2.36. The Hall–Kier alpha value is -1.62. The second-order valence-electron chi connectivity index (χ2n) is 4.32. The van der Waals surface area contributed by atoms with Gasteiger partial charge in [0.25, 0.3) is 5.91 Å². The van der Waals surface area contributed by atoms with Gasteiger partial charge in [0.05, 0.1) is 11.9 Å². The fourth-order valence-corrected chi connectivity index (χ4v) is 1.49. The Bertz CT molecular complexity index is 379. The smallest absolute Gasteiger partial charge is 0.260 e. The molecule has 1 rings (SSSR count). The van der Waals surface area contributed by atoms with Crippen LogP contribution >= 0.6 is 0 Å². The number of ether oxygens (including phenoxy) is 1. The van der Waals surface area contributed by atoms with Crippen molar-refractivity contribution in [2.75, 3.05) is 13.1 Å². The zero-order valence-corrected chi connectivity index (χ0v) is 11.9. The molecule has 0 fully saturated rings. The highest BCUT2D eigenvalue weighted by atomic mass is 16.5. The fraction of sp³-hybridized carbons (Fsp3) is 0.571. The number of aromatic nitrogens is 1. The fourth-order valence-electron chi connectivity index (χ4n) is 1.49. The van der Waals surface area contributed by atoms with Crippen LogP contribution in [-0.2, 0) is 11.3 Å². The van der Waals surface area contributed by atoms with E-state index in [4.69, 9.17) is 4.74 Å². The molecule has 1 amide bonds. The average molecular weight is 265 g/mol. The van der Waals surface area contributed by atoms with Gasteiger partial charge in [-0.15, -0.1) is 0 Å². The maximum atomic E-state index is 11.6. The molecule has 5 nitrogen and oxygen atoms in total. The number of amides is 1. The molecule has 0 aliphatic rings. The van der Waals surface area contributed by atoms with E-state index in [9.17, 15) is 4.79 Å². The number of hydrogen-bond acceptors (Lipinski definition) is 4. The molecule has 0 aliphatic carbocycles. The summed E-state index contributed by atoms with van der Waals surface area (Å²) in [4.78, 5) is 15.9. The van der Waals surface area contributed by atoms with Gasteiger partial charge < -0.3 is 15.4 Å². The molecule has 0 aliphatic heterocycles. The molecule has 0 aromatic carbocycles. The molecule has 0 saturated carbocycles. The van der Waals surface area contributed by atoms with Crippen molar-refractivity contribution in [2.45, 2.75) is 39.8 Å².